The van der Waals surface area contributed by atoms with E-state index in [0.717, 1.165) is 18.4 Å². The highest BCUT2D eigenvalue weighted by molar-refractivity contribution is 5.70. The number of carbonyl (C=O) groups is 1. The van der Waals surface area contributed by atoms with Gasteiger partial charge in [-0.3, -0.25) is 4.79 Å². The maximum absolute atomic E-state index is 11.5. The van der Waals surface area contributed by atoms with Gasteiger partial charge in [0, 0.05) is 0 Å². The lowest BCUT2D eigenvalue weighted by atomic mass is 9.64. The number of allylic oxidation sites excluding steroid dienone is 1. The van der Waals surface area contributed by atoms with Crippen LogP contribution in [0.5, 0.6) is 0 Å². The van der Waals surface area contributed by atoms with Crippen LogP contribution in [-0.4, -0.2) is 23.8 Å². The van der Waals surface area contributed by atoms with Gasteiger partial charge in [0.25, 0.3) is 0 Å². The minimum Gasteiger partial charge on any atom is -0.466 e. The number of rotatable bonds is 3. The Balaban J connectivity index is 2.74. The molecule has 1 aliphatic rings. The molecule has 1 fully saturated rings. The fourth-order valence-corrected chi connectivity index (χ4v) is 2.42. The third kappa shape index (κ3) is 2.64. The average molecular weight is 226 g/mol. The van der Waals surface area contributed by atoms with Crippen molar-refractivity contribution in [1.82, 2.24) is 0 Å². The van der Waals surface area contributed by atoms with Gasteiger partial charge in [0.1, 0.15) is 0 Å². The Kier molecular flexibility index (Phi) is 4.14. The van der Waals surface area contributed by atoms with E-state index in [9.17, 15) is 9.90 Å². The van der Waals surface area contributed by atoms with Crippen molar-refractivity contribution in [1.29, 1.82) is 0 Å². The number of hydrogen-bond donors (Lipinski definition) is 1. The van der Waals surface area contributed by atoms with Gasteiger partial charge in [-0.1, -0.05) is 26.0 Å². The molecule has 0 saturated heterocycles. The van der Waals surface area contributed by atoms with Gasteiger partial charge in [0.2, 0.25) is 0 Å². The molecule has 1 saturated carbocycles. The van der Waals surface area contributed by atoms with E-state index in [-0.39, 0.29) is 23.4 Å². The summed E-state index contributed by atoms with van der Waals surface area (Å²) in [4.78, 5) is 11.5. The summed E-state index contributed by atoms with van der Waals surface area (Å²) in [6.07, 6.45) is 1.51. The molecule has 0 bridgehead atoms. The van der Waals surface area contributed by atoms with Crippen molar-refractivity contribution in [3.8, 4) is 0 Å². The maximum atomic E-state index is 11.5. The molecular weight excluding hydrogens is 204 g/mol. The summed E-state index contributed by atoms with van der Waals surface area (Å²) in [6, 6.07) is 0. The number of aliphatic hydroxyl groups is 1. The first-order valence-corrected chi connectivity index (χ1v) is 5.91. The van der Waals surface area contributed by atoms with Gasteiger partial charge < -0.3 is 9.84 Å². The summed E-state index contributed by atoms with van der Waals surface area (Å²) in [5.74, 6) is -0.175. The summed E-state index contributed by atoms with van der Waals surface area (Å²) < 4.78 is 4.96. The lowest BCUT2D eigenvalue weighted by Crippen LogP contribution is -2.42. The molecule has 0 aromatic rings. The zero-order valence-corrected chi connectivity index (χ0v) is 10.5. The highest BCUT2D eigenvalue weighted by Gasteiger charge is 2.42. The van der Waals surface area contributed by atoms with Crippen molar-refractivity contribution in [2.75, 3.05) is 6.61 Å². The van der Waals surface area contributed by atoms with E-state index in [1.165, 1.54) is 0 Å². The largest absolute Gasteiger partial charge is 0.466 e. The quantitative estimate of drug-likeness (QED) is 0.593. The zero-order valence-electron chi connectivity index (χ0n) is 10.5. The lowest BCUT2D eigenvalue weighted by Gasteiger charge is -2.43. The highest BCUT2D eigenvalue weighted by atomic mass is 16.5. The average Bonchev–Trinajstić information content (AvgIpc) is 2.20. The van der Waals surface area contributed by atoms with Crippen LogP contribution in [0.15, 0.2) is 12.2 Å². The molecule has 0 spiro atoms. The van der Waals surface area contributed by atoms with E-state index in [2.05, 4.69) is 6.58 Å². The van der Waals surface area contributed by atoms with Gasteiger partial charge >= 0.3 is 5.97 Å². The smallest absolute Gasteiger partial charge is 0.306 e. The van der Waals surface area contributed by atoms with E-state index < -0.39 is 0 Å². The Morgan fingerprint density at radius 2 is 2.25 bits per heavy atom. The van der Waals surface area contributed by atoms with Crippen molar-refractivity contribution in [3.63, 3.8) is 0 Å². The predicted molar refractivity (Wildman–Crippen MR) is 62.9 cm³/mol. The number of hydrogen-bond acceptors (Lipinski definition) is 3. The van der Waals surface area contributed by atoms with Crippen LogP contribution in [0.4, 0.5) is 0 Å². The molecule has 0 unspecified atom stereocenters. The van der Waals surface area contributed by atoms with E-state index in [0.29, 0.717) is 13.0 Å². The van der Waals surface area contributed by atoms with Crippen LogP contribution in [0.1, 0.15) is 40.0 Å². The fourth-order valence-electron chi connectivity index (χ4n) is 2.42. The summed E-state index contributed by atoms with van der Waals surface area (Å²) >= 11 is 0. The first kappa shape index (κ1) is 13.2. The number of esters is 1. The lowest BCUT2D eigenvalue weighted by molar-refractivity contribution is -0.146. The molecule has 0 radical (unpaired) electrons. The molecule has 0 aliphatic heterocycles. The fraction of sp³-hybridized carbons (Fsp3) is 0.769. The second kappa shape index (κ2) is 5.00. The second-order valence-corrected chi connectivity index (χ2v) is 5.10. The van der Waals surface area contributed by atoms with Crippen molar-refractivity contribution >= 4 is 5.97 Å². The van der Waals surface area contributed by atoms with Gasteiger partial charge in [-0.25, -0.2) is 0 Å². The van der Waals surface area contributed by atoms with Crippen molar-refractivity contribution < 1.29 is 14.6 Å². The van der Waals surface area contributed by atoms with Gasteiger partial charge in [0.15, 0.2) is 0 Å². The molecular formula is C13H22O3. The van der Waals surface area contributed by atoms with Crippen molar-refractivity contribution in [2.45, 2.75) is 46.1 Å². The molecule has 1 rings (SSSR count). The Bertz CT molecular complexity index is 281. The van der Waals surface area contributed by atoms with Gasteiger partial charge in [0.05, 0.1) is 19.1 Å². The molecule has 0 heterocycles. The predicted octanol–water partition coefficient (Wildman–Crippen LogP) is 2.29. The minimum atomic E-state index is -0.363. The van der Waals surface area contributed by atoms with Gasteiger partial charge in [-0.05, 0) is 31.1 Å². The van der Waals surface area contributed by atoms with Gasteiger partial charge in [-0.2, -0.15) is 0 Å². The number of carbonyl (C=O) groups excluding carboxylic acids is 1. The summed E-state index contributed by atoms with van der Waals surface area (Å²) in [5, 5.41) is 9.97. The van der Waals surface area contributed by atoms with Crippen LogP contribution in [0.3, 0.4) is 0 Å². The Morgan fingerprint density at radius 3 is 2.81 bits per heavy atom. The van der Waals surface area contributed by atoms with Crippen molar-refractivity contribution in [3.05, 3.63) is 12.2 Å². The molecule has 0 amide bonds. The Labute approximate surface area is 97.5 Å². The van der Waals surface area contributed by atoms with Gasteiger partial charge in [-0.15, -0.1) is 0 Å². The molecule has 92 valence electrons. The van der Waals surface area contributed by atoms with Crippen molar-refractivity contribution in [2.24, 2.45) is 11.3 Å². The first-order chi connectivity index (χ1) is 7.39. The first-order valence-electron chi connectivity index (χ1n) is 5.91. The molecule has 16 heavy (non-hydrogen) atoms. The normalized spacial score (nSPS) is 28.9. The van der Waals surface area contributed by atoms with Crippen LogP contribution < -0.4 is 0 Å². The summed E-state index contributed by atoms with van der Waals surface area (Å²) in [7, 11) is 0. The second-order valence-electron chi connectivity index (χ2n) is 5.10. The molecule has 0 aromatic carbocycles. The standard InChI is InChI=1S/C13H22O3/c1-5-16-12(15)8-10-9(2)6-7-11(14)13(10,3)4/h10-11,14H,2,5-8H2,1,3-4H3/t10-,11-/m0/s1. The molecule has 2 atom stereocenters. The third-order valence-electron chi connectivity index (χ3n) is 3.66. The molecule has 1 N–H and O–H groups in total. The number of aliphatic hydroxyl groups excluding tert-OH is 1. The van der Waals surface area contributed by atoms with Crippen LogP contribution in [0, 0.1) is 11.3 Å². The molecule has 3 nitrogen and oxygen atoms in total. The molecule has 3 heteroatoms. The Hall–Kier alpha value is -0.830. The summed E-state index contributed by atoms with van der Waals surface area (Å²) in [5.41, 5.74) is 0.769. The highest BCUT2D eigenvalue weighted by Crippen LogP contribution is 2.45. The van der Waals surface area contributed by atoms with Crippen LogP contribution in [-0.2, 0) is 9.53 Å². The molecule has 0 aromatic heterocycles. The number of ether oxygens (including phenoxy) is 1. The van der Waals surface area contributed by atoms with E-state index >= 15 is 0 Å². The summed E-state index contributed by atoms with van der Waals surface area (Å²) in [6.45, 7) is 10.2. The van der Waals surface area contributed by atoms with E-state index in [4.69, 9.17) is 4.74 Å². The monoisotopic (exact) mass is 226 g/mol. The van der Waals surface area contributed by atoms with Crippen LogP contribution in [0.25, 0.3) is 0 Å². The molecule has 1 aliphatic carbocycles. The topological polar surface area (TPSA) is 46.5 Å². The van der Waals surface area contributed by atoms with E-state index in [1.807, 2.05) is 13.8 Å². The SMILES string of the molecule is C=C1CC[C@H](O)C(C)(C)[C@H]1CC(=O)OCC. The Morgan fingerprint density at radius 1 is 1.62 bits per heavy atom. The van der Waals surface area contributed by atoms with Crippen LogP contribution >= 0.6 is 0 Å². The van der Waals surface area contributed by atoms with E-state index in [1.54, 1.807) is 6.92 Å². The zero-order chi connectivity index (χ0) is 12.3. The third-order valence-corrected chi connectivity index (χ3v) is 3.66. The maximum Gasteiger partial charge on any atom is 0.306 e. The minimum absolute atomic E-state index is 0.0234. The van der Waals surface area contributed by atoms with Crippen LogP contribution in [0.2, 0.25) is 0 Å².